The molecule has 0 amide bonds. The van der Waals surface area contributed by atoms with Crippen LogP contribution in [0.2, 0.25) is 0 Å². The van der Waals surface area contributed by atoms with Crippen molar-refractivity contribution in [2.45, 2.75) is 6.67 Å². The van der Waals surface area contributed by atoms with E-state index >= 15 is 0 Å². The van der Waals surface area contributed by atoms with Crippen LogP contribution in [0.25, 0.3) is 11.5 Å². The molecule has 1 aliphatic heterocycles. The number of ether oxygens (including phenoxy) is 1. The van der Waals surface area contributed by atoms with Crippen molar-refractivity contribution < 1.29 is 9.15 Å². The summed E-state index contributed by atoms with van der Waals surface area (Å²) in [6.07, 6.45) is 0. The lowest BCUT2D eigenvalue weighted by atomic mass is 10.2. The molecule has 2 aromatic rings. The standard InChI is InChI=1S/C15H20N4O2S/c1-17-7-9-18(10-8-17)11-19-15(22)21-14(16-19)12-3-5-13(20-2)6-4-12/h3-6H,7-11H2,1-2H3. The van der Waals surface area contributed by atoms with Crippen LogP contribution >= 0.6 is 12.2 Å². The van der Waals surface area contributed by atoms with Gasteiger partial charge < -0.3 is 14.1 Å². The van der Waals surface area contributed by atoms with E-state index in [0.717, 1.165) is 37.5 Å². The molecule has 0 bridgehead atoms. The van der Waals surface area contributed by atoms with E-state index in [1.807, 2.05) is 24.3 Å². The van der Waals surface area contributed by atoms with Crippen LogP contribution in [0.3, 0.4) is 0 Å². The van der Waals surface area contributed by atoms with Gasteiger partial charge in [0, 0.05) is 31.7 Å². The van der Waals surface area contributed by atoms with Gasteiger partial charge in [0.25, 0.3) is 4.84 Å². The molecule has 0 aliphatic carbocycles. The molecule has 0 N–H and O–H groups in total. The van der Waals surface area contributed by atoms with Gasteiger partial charge in [-0.25, -0.2) is 4.68 Å². The number of piperazine rings is 1. The normalized spacial score (nSPS) is 16.8. The zero-order valence-electron chi connectivity index (χ0n) is 12.9. The predicted octanol–water partition coefficient (Wildman–Crippen LogP) is 2.09. The van der Waals surface area contributed by atoms with Gasteiger partial charge in [-0.2, -0.15) is 0 Å². The van der Waals surface area contributed by atoms with Crippen LogP contribution in [0, 0.1) is 4.84 Å². The summed E-state index contributed by atoms with van der Waals surface area (Å²) in [6, 6.07) is 7.60. The van der Waals surface area contributed by atoms with E-state index in [-0.39, 0.29) is 0 Å². The first-order valence-electron chi connectivity index (χ1n) is 7.29. The number of hydrogen-bond donors (Lipinski definition) is 0. The average Bonchev–Trinajstić information content (AvgIpc) is 2.91. The van der Waals surface area contributed by atoms with Gasteiger partial charge in [-0.05, 0) is 43.5 Å². The largest absolute Gasteiger partial charge is 0.497 e. The maximum Gasteiger partial charge on any atom is 0.288 e. The Morgan fingerprint density at radius 2 is 1.86 bits per heavy atom. The van der Waals surface area contributed by atoms with Gasteiger partial charge in [-0.1, -0.05) is 0 Å². The number of aromatic nitrogens is 2. The molecule has 0 unspecified atom stereocenters. The third-order valence-electron chi connectivity index (χ3n) is 3.87. The highest BCUT2D eigenvalue weighted by Gasteiger charge is 2.16. The second-order valence-corrected chi connectivity index (χ2v) is 5.81. The van der Waals surface area contributed by atoms with Crippen LogP contribution in [0.1, 0.15) is 0 Å². The highest BCUT2D eigenvalue weighted by atomic mass is 32.1. The number of likely N-dealkylation sites (N-methyl/N-ethyl adjacent to an activating group) is 1. The SMILES string of the molecule is COc1ccc(-c2nn(CN3CCN(C)CC3)c(=S)o2)cc1. The summed E-state index contributed by atoms with van der Waals surface area (Å²) in [5.74, 6) is 1.35. The molecule has 118 valence electrons. The molecule has 22 heavy (non-hydrogen) atoms. The highest BCUT2D eigenvalue weighted by Crippen LogP contribution is 2.21. The van der Waals surface area contributed by atoms with Crippen molar-refractivity contribution in [2.24, 2.45) is 0 Å². The van der Waals surface area contributed by atoms with Crippen molar-refractivity contribution in [3.8, 4) is 17.2 Å². The summed E-state index contributed by atoms with van der Waals surface area (Å²) in [5.41, 5.74) is 0.893. The van der Waals surface area contributed by atoms with Gasteiger partial charge in [0.1, 0.15) is 5.75 Å². The van der Waals surface area contributed by atoms with E-state index in [4.69, 9.17) is 21.4 Å². The first kappa shape index (κ1) is 15.2. The Morgan fingerprint density at radius 3 is 2.50 bits per heavy atom. The Bertz CT molecular complexity index is 672. The lowest BCUT2D eigenvalue weighted by Gasteiger charge is -2.31. The van der Waals surface area contributed by atoms with Crippen LogP contribution in [0.15, 0.2) is 28.7 Å². The zero-order chi connectivity index (χ0) is 15.5. The summed E-state index contributed by atoms with van der Waals surface area (Å²) < 4.78 is 12.5. The lowest BCUT2D eigenvalue weighted by Crippen LogP contribution is -2.45. The molecule has 3 rings (SSSR count). The first-order chi connectivity index (χ1) is 10.7. The number of nitrogens with zero attached hydrogens (tertiary/aromatic N) is 4. The van der Waals surface area contributed by atoms with E-state index in [1.54, 1.807) is 11.8 Å². The summed E-state index contributed by atoms with van der Waals surface area (Å²) >= 11 is 5.29. The molecule has 6 nitrogen and oxygen atoms in total. The third kappa shape index (κ3) is 3.37. The summed E-state index contributed by atoms with van der Waals surface area (Å²) in [7, 11) is 3.78. The molecule has 1 aromatic carbocycles. The van der Waals surface area contributed by atoms with Crippen molar-refractivity contribution in [3.05, 3.63) is 29.1 Å². The van der Waals surface area contributed by atoms with Crippen LogP contribution < -0.4 is 4.74 Å². The number of methoxy groups -OCH3 is 1. The minimum absolute atomic E-state index is 0.407. The molecular formula is C15H20N4O2S. The molecule has 7 heteroatoms. The Kier molecular flexibility index (Phi) is 4.56. The number of hydrogen-bond acceptors (Lipinski definition) is 6. The fourth-order valence-corrected chi connectivity index (χ4v) is 2.60. The van der Waals surface area contributed by atoms with Crippen molar-refractivity contribution in [1.82, 2.24) is 19.6 Å². The Hall–Kier alpha value is -1.70. The Labute approximate surface area is 134 Å². The topological polar surface area (TPSA) is 46.7 Å². The molecule has 0 saturated carbocycles. The molecule has 2 heterocycles. The van der Waals surface area contributed by atoms with Crippen molar-refractivity contribution in [2.75, 3.05) is 40.3 Å². The van der Waals surface area contributed by atoms with Crippen LogP contribution in [-0.2, 0) is 6.67 Å². The molecule has 0 spiro atoms. The monoisotopic (exact) mass is 320 g/mol. The van der Waals surface area contributed by atoms with Gasteiger partial charge in [0.15, 0.2) is 0 Å². The van der Waals surface area contributed by atoms with Gasteiger partial charge in [-0.3, -0.25) is 4.90 Å². The molecule has 0 radical (unpaired) electrons. The molecular weight excluding hydrogens is 300 g/mol. The van der Waals surface area contributed by atoms with E-state index in [0.29, 0.717) is 17.4 Å². The van der Waals surface area contributed by atoms with Crippen molar-refractivity contribution in [3.63, 3.8) is 0 Å². The second-order valence-electron chi connectivity index (χ2n) is 5.46. The van der Waals surface area contributed by atoms with Crippen molar-refractivity contribution in [1.29, 1.82) is 0 Å². The molecule has 0 atom stereocenters. The average molecular weight is 320 g/mol. The van der Waals surface area contributed by atoms with E-state index in [1.165, 1.54) is 0 Å². The van der Waals surface area contributed by atoms with Gasteiger partial charge >= 0.3 is 0 Å². The third-order valence-corrected chi connectivity index (χ3v) is 4.17. The zero-order valence-corrected chi connectivity index (χ0v) is 13.7. The quantitative estimate of drug-likeness (QED) is 0.804. The minimum atomic E-state index is 0.407. The smallest absolute Gasteiger partial charge is 0.288 e. The minimum Gasteiger partial charge on any atom is -0.497 e. The molecule has 1 fully saturated rings. The molecule has 1 aliphatic rings. The second kappa shape index (κ2) is 6.60. The number of rotatable bonds is 4. The van der Waals surface area contributed by atoms with E-state index in [9.17, 15) is 0 Å². The summed E-state index contributed by atoms with van der Waals surface area (Å²) in [6.45, 7) is 4.84. The summed E-state index contributed by atoms with van der Waals surface area (Å²) in [5, 5.41) is 4.50. The maximum atomic E-state index is 5.63. The maximum absolute atomic E-state index is 5.63. The summed E-state index contributed by atoms with van der Waals surface area (Å²) in [4.78, 5) is 5.06. The lowest BCUT2D eigenvalue weighted by molar-refractivity contribution is 0.118. The van der Waals surface area contributed by atoms with Crippen LogP contribution in [0.4, 0.5) is 0 Å². The Balaban J connectivity index is 1.74. The van der Waals surface area contributed by atoms with Gasteiger partial charge in [0.05, 0.1) is 13.8 Å². The van der Waals surface area contributed by atoms with Crippen LogP contribution in [0.5, 0.6) is 5.75 Å². The van der Waals surface area contributed by atoms with E-state index < -0.39 is 0 Å². The Morgan fingerprint density at radius 1 is 1.18 bits per heavy atom. The first-order valence-corrected chi connectivity index (χ1v) is 7.70. The highest BCUT2D eigenvalue weighted by molar-refractivity contribution is 7.71. The fourth-order valence-electron chi connectivity index (χ4n) is 2.42. The van der Waals surface area contributed by atoms with Crippen LogP contribution in [-0.4, -0.2) is 59.9 Å². The van der Waals surface area contributed by atoms with Gasteiger partial charge in [0.2, 0.25) is 5.89 Å². The van der Waals surface area contributed by atoms with Crippen molar-refractivity contribution >= 4 is 12.2 Å². The fraction of sp³-hybridized carbons (Fsp3) is 0.467. The molecule has 1 aromatic heterocycles. The molecule has 1 saturated heterocycles. The predicted molar refractivity (Wildman–Crippen MR) is 86.4 cm³/mol. The van der Waals surface area contributed by atoms with Gasteiger partial charge in [-0.15, -0.1) is 5.10 Å². The number of benzene rings is 1. The van der Waals surface area contributed by atoms with E-state index in [2.05, 4.69) is 21.9 Å².